The molecule has 7 rings (SSSR count). The van der Waals surface area contributed by atoms with Crippen LogP contribution >= 0.6 is 21.6 Å². The van der Waals surface area contributed by atoms with Crippen LogP contribution in [0.1, 0.15) is 118 Å². The number of unbranched alkanes of at least 4 members (excludes halogenated alkanes) is 1. The summed E-state index contributed by atoms with van der Waals surface area (Å²) in [5.41, 5.74) is 19.1. The molecule has 0 amide bonds. The highest BCUT2D eigenvalue weighted by atomic mass is 33.1. The largest absolute Gasteiger partial charge is 0.508 e. The Morgan fingerprint density at radius 3 is 2.55 bits per heavy atom. The molecule has 1 fully saturated rings. The summed E-state index contributed by atoms with van der Waals surface area (Å²) in [6.45, 7) is -0.0689. The number of benzene rings is 3. The number of nitrogens with one attached hydrogen (secondary N) is 1. The zero-order valence-corrected chi connectivity index (χ0v) is 36.5. The summed E-state index contributed by atoms with van der Waals surface area (Å²) in [7, 11) is 3.30. The van der Waals surface area contributed by atoms with Crippen molar-refractivity contribution in [2.75, 3.05) is 19.0 Å². The van der Waals surface area contributed by atoms with Gasteiger partial charge in [0.25, 0.3) is 0 Å². The fraction of sp³-hybridized carbons (Fsp3) is 0.429. The molecule has 1 saturated carbocycles. The van der Waals surface area contributed by atoms with Crippen LogP contribution in [-0.2, 0) is 29.8 Å². The molecule has 0 saturated heterocycles. The lowest BCUT2D eigenvalue weighted by molar-refractivity contribution is -0.114. The number of ketones is 2. The first-order valence-corrected chi connectivity index (χ1v) is 24.0. The van der Waals surface area contributed by atoms with Crippen molar-refractivity contribution in [3.63, 3.8) is 0 Å². The van der Waals surface area contributed by atoms with Crippen LogP contribution in [0, 0.1) is 23.2 Å². The first kappa shape index (κ1) is 45.5. The molecule has 4 aromatic rings. The molecule has 1 aromatic heterocycles. The molecule has 5 atom stereocenters. The molecule has 10 N–H and O–H groups in total. The first-order valence-electron chi connectivity index (χ1n) is 21.5. The van der Waals surface area contributed by atoms with Crippen LogP contribution in [0.3, 0.4) is 0 Å². The molecule has 0 spiro atoms. The number of aliphatic hydroxyl groups excluding tert-OH is 3. The number of allylic oxidation sites excluding steroid dienone is 2. The van der Waals surface area contributed by atoms with E-state index in [9.17, 15) is 35.1 Å². The Morgan fingerprint density at radius 1 is 0.935 bits per heavy atom. The van der Waals surface area contributed by atoms with Gasteiger partial charge in [-0.15, -0.1) is 0 Å². The lowest BCUT2D eigenvalue weighted by atomic mass is 9.79. The minimum absolute atomic E-state index is 0.0166. The summed E-state index contributed by atoms with van der Waals surface area (Å²) in [6.07, 6.45) is 8.76. The maximum Gasteiger partial charge on any atom is 0.165 e. The quantitative estimate of drug-likeness (QED) is 0.0413. The smallest absolute Gasteiger partial charge is 0.165 e. The maximum absolute atomic E-state index is 14.1. The maximum atomic E-state index is 14.1. The highest BCUT2D eigenvalue weighted by Crippen LogP contribution is 2.49. The molecule has 13 heteroatoms. The zero-order chi connectivity index (χ0) is 43.8. The van der Waals surface area contributed by atoms with Gasteiger partial charge in [-0.2, -0.15) is 0 Å². The molecular weight excluding hydrogens is 823 g/mol. The number of hydrogen-bond acceptors (Lipinski definition) is 12. The monoisotopic (exact) mass is 879 g/mol. The van der Waals surface area contributed by atoms with E-state index in [-0.39, 0.29) is 55.0 Å². The fourth-order valence-corrected chi connectivity index (χ4v) is 11.6. The topological polar surface area (TPSA) is 212 Å². The number of aliphatic hydroxyl groups is 3. The standard InChI is InChI=1S/C49H57N3O8S2/c50-48(51)39-22-32-4-3-6-42-37(14-18-52-42)45(58)24-40-38(32)23-33(39)28-61-62-29-34-25-49(26-46(34)59,16-2-1-5-36(55)27-53)17-13-35(54)10-7-30-9-12-44(57)47(21-30)60-19-15-31-8-11-43(56)41(40)20-31/h8-9,11-14,17-18,20-23,34,36,40,46,48,52-53,55-57,59H,1-2,5-7,10,15-16,19,24-29,50-51H2/b17-13-/t34-,36+,40-,46+,49+/m1/s1. The number of hydrogen-bond donors (Lipinski definition) is 8. The SMILES string of the molecule is NC(N)c1cc2c3cc1CSSC[C@H]1C[C@](CCCC[C@H](O)CO)(/C=C\C(=O)CCc4ccc(O)c(c4)OCCc4ccc(O)c(c4)[C@@H]3CC(=O)c3cc[nH]c3CC#C2)C[C@@H]1O. The minimum Gasteiger partial charge on any atom is -0.508 e. The van der Waals surface area contributed by atoms with Crippen LogP contribution in [0.15, 0.2) is 72.9 Å². The predicted molar refractivity (Wildman–Crippen MR) is 244 cm³/mol. The number of Topliss-reactive ketones (excluding diaryl/α,β-unsaturated/α-hetero) is 1. The van der Waals surface area contributed by atoms with E-state index in [0.29, 0.717) is 78.9 Å². The number of H-pyrrole nitrogens is 1. The molecule has 0 radical (unpaired) electrons. The third-order valence-electron chi connectivity index (χ3n) is 12.6. The number of phenolic OH excluding ortho intramolecular Hbond substituents is 2. The number of aryl methyl sites for hydroxylation is 1. The van der Waals surface area contributed by atoms with Gasteiger partial charge in [-0.3, -0.25) is 9.59 Å². The summed E-state index contributed by atoms with van der Waals surface area (Å²) < 4.78 is 6.11. The molecule has 62 heavy (non-hydrogen) atoms. The Balaban J connectivity index is 1.24. The van der Waals surface area contributed by atoms with Crippen molar-refractivity contribution >= 4 is 33.2 Å². The molecule has 2 heterocycles. The van der Waals surface area contributed by atoms with Crippen LogP contribution in [0.5, 0.6) is 17.2 Å². The van der Waals surface area contributed by atoms with Crippen molar-refractivity contribution in [3.8, 4) is 29.1 Å². The third kappa shape index (κ3) is 11.2. The van der Waals surface area contributed by atoms with E-state index in [0.717, 1.165) is 46.4 Å². The van der Waals surface area contributed by atoms with Gasteiger partial charge >= 0.3 is 0 Å². The number of carbonyl (C=O) groups excluding carboxylic acids is 2. The number of fused-ring (bicyclic) bond motifs is 9. The summed E-state index contributed by atoms with van der Waals surface area (Å²) >= 11 is 0. The Labute approximate surface area is 371 Å². The van der Waals surface area contributed by atoms with E-state index >= 15 is 0 Å². The number of aromatic nitrogens is 1. The molecule has 3 aliphatic rings. The van der Waals surface area contributed by atoms with Crippen molar-refractivity contribution in [2.45, 2.75) is 101 Å². The second kappa shape index (κ2) is 20.8. The number of phenols is 2. The number of nitrogens with two attached hydrogens (primary N) is 2. The summed E-state index contributed by atoms with van der Waals surface area (Å²) in [5.74, 6) is 7.42. The average molecular weight is 880 g/mol. The van der Waals surface area contributed by atoms with Gasteiger partial charge in [0.15, 0.2) is 23.1 Å². The van der Waals surface area contributed by atoms with Gasteiger partial charge in [-0.05, 0) is 108 Å². The van der Waals surface area contributed by atoms with Crippen LogP contribution in [0.4, 0.5) is 0 Å². The number of rotatable bonds is 7. The normalized spacial score (nSPS) is 23.2. The molecule has 0 unspecified atom stereocenters. The van der Waals surface area contributed by atoms with Gasteiger partial charge in [0.2, 0.25) is 0 Å². The van der Waals surface area contributed by atoms with Crippen molar-refractivity contribution in [1.82, 2.24) is 4.98 Å². The second-order valence-electron chi connectivity index (χ2n) is 17.0. The van der Waals surface area contributed by atoms with Crippen molar-refractivity contribution in [2.24, 2.45) is 22.8 Å². The lowest BCUT2D eigenvalue weighted by Gasteiger charge is -2.26. The van der Waals surface area contributed by atoms with E-state index in [1.54, 1.807) is 64.2 Å². The zero-order valence-electron chi connectivity index (χ0n) is 34.9. The van der Waals surface area contributed by atoms with Gasteiger partial charge in [-0.25, -0.2) is 0 Å². The number of carbonyl (C=O) groups is 2. The summed E-state index contributed by atoms with van der Waals surface area (Å²) in [6, 6.07) is 16.2. The van der Waals surface area contributed by atoms with Crippen LogP contribution < -0.4 is 16.2 Å². The van der Waals surface area contributed by atoms with Crippen molar-refractivity contribution in [1.29, 1.82) is 0 Å². The lowest BCUT2D eigenvalue weighted by Crippen LogP contribution is -2.22. The van der Waals surface area contributed by atoms with Crippen LogP contribution in [-0.4, -0.2) is 73.3 Å². The van der Waals surface area contributed by atoms with Crippen LogP contribution in [0.2, 0.25) is 0 Å². The predicted octanol–water partition coefficient (Wildman–Crippen LogP) is 6.90. The highest BCUT2D eigenvalue weighted by molar-refractivity contribution is 8.76. The van der Waals surface area contributed by atoms with Gasteiger partial charge in [0.05, 0.1) is 38.0 Å². The Kier molecular flexibility index (Phi) is 15.2. The first-order chi connectivity index (χ1) is 29.9. The second-order valence-corrected chi connectivity index (χ2v) is 19.5. The van der Waals surface area contributed by atoms with E-state index in [1.807, 2.05) is 30.3 Å². The molecule has 11 nitrogen and oxygen atoms in total. The molecule has 2 aliphatic carbocycles. The average Bonchev–Trinajstić information content (AvgIpc) is 3.86. The van der Waals surface area contributed by atoms with E-state index in [1.165, 1.54) is 0 Å². The molecular formula is C49H57N3O8S2. The van der Waals surface area contributed by atoms with Crippen molar-refractivity contribution in [3.05, 3.63) is 123 Å². The van der Waals surface area contributed by atoms with E-state index < -0.39 is 29.7 Å². The number of aromatic hydroxyl groups is 2. The van der Waals surface area contributed by atoms with Gasteiger partial charge in [0, 0.05) is 65.3 Å². The fourth-order valence-electron chi connectivity index (χ4n) is 9.11. The Bertz CT molecular complexity index is 2330. The Morgan fingerprint density at radius 2 is 1.74 bits per heavy atom. The summed E-state index contributed by atoms with van der Waals surface area (Å²) in [4.78, 5) is 30.6. The van der Waals surface area contributed by atoms with E-state index in [4.69, 9.17) is 16.2 Å². The highest BCUT2D eigenvalue weighted by Gasteiger charge is 2.42. The molecule has 1 aliphatic heterocycles. The third-order valence-corrected chi connectivity index (χ3v) is 15.0. The van der Waals surface area contributed by atoms with Gasteiger partial charge < -0.3 is 46.7 Å². The van der Waals surface area contributed by atoms with Crippen molar-refractivity contribution < 1.29 is 39.9 Å². The van der Waals surface area contributed by atoms with Gasteiger partial charge in [-0.1, -0.05) is 76.6 Å². The summed E-state index contributed by atoms with van der Waals surface area (Å²) in [5, 5.41) is 52.9. The molecule has 8 bridgehead atoms. The number of aromatic amines is 1. The molecule has 3 aromatic carbocycles. The van der Waals surface area contributed by atoms with E-state index in [2.05, 4.69) is 16.8 Å². The number of ether oxygens (including phenoxy) is 1. The van der Waals surface area contributed by atoms with Crippen LogP contribution in [0.25, 0.3) is 0 Å². The minimum atomic E-state index is -0.800. The van der Waals surface area contributed by atoms with Gasteiger partial charge in [0.1, 0.15) is 5.75 Å². The molecule has 328 valence electrons. The Hall–Kier alpha value is -4.52.